The van der Waals surface area contributed by atoms with Crippen molar-refractivity contribution in [2.45, 2.75) is 39.7 Å². The van der Waals surface area contributed by atoms with E-state index in [1.165, 1.54) is 13.8 Å². The van der Waals surface area contributed by atoms with Crippen LogP contribution in [-0.4, -0.2) is 30.5 Å². The Morgan fingerprint density at radius 1 is 1.03 bits per heavy atom. The Balaban J connectivity index is 1.70. The van der Waals surface area contributed by atoms with E-state index in [4.69, 9.17) is 21.1 Å². The van der Waals surface area contributed by atoms with Crippen LogP contribution in [0.2, 0.25) is 5.02 Å². The molecule has 30 heavy (non-hydrogen) atoms. The van der Waals surface area contributed by atoms with E-state index in [1.807, 2.05) is 13.0 Å². The van der Waals surface area contributed by atoms with E-state index in [0.29, 0.717) is 35.2 Å². The lowest BCUT2D eigenvalue weighted by molar-refractivity contribution is -0.153. The third-order valence-corrected chi connectivity index (χ3v) is 4.50. The molecule has 0 fully saturated rings. The van der Waals surface area contributed by atoms with E-state index < -0.39 is 18.0 Å². The van der Waals surface area contributed by atoms with Crippen LogP contribution in [0.25, 0.3) is 0 Å². The number of nitrogens with one attached hydrogen (secondary N) is 2. The van der Waals surface area contributed by atoms with Crippen molar-refractivity contribution in [3.05, 3.63) is 53.1 Å². The van der Waals surface area contributed by atoms with Gasteiger partial charge in [0.25, 0.3) is 5.91 Å². The summed E-state index contributed by atoms with van der Waals surface area (Å²) in [5, 5.41) is 5.97. The van der Waals surface area contributed by atoms with Gasteiger partial charge >= 0.3 is 5.97 Å². The van der Waals surface area contributed by atoms with Crippen molar-refractivity contribution in [3.63, 3.8) is 0 Å². The van der Waals surface area contributed by atoms with Crippen molar-refractivity contribution in [1.82, 2.24) is 0 Å². The van der Waals surface area contributed by atoms with Crippen molar-refractivity contribution in [2.24, 2.45) is 0 Å². The molecular formula is C22H25ClN2O5. The molecule has 8 heteroatoms. The van der Waals surface area contributed by atoms with E-state index >= 15 is 0 Å². The van der Waals surface area contributed by atoms with Crippen LogP contribution in [0.5, 0.6) is 5.75 Å². The lowest BCUT2D eigenvalue weighted by atomic mass is 10.2. The zero-order valence-electron chi connectivity index (χ0n) is 17.2. The quantitative estimate of drug-likeness (QED) is 0.454. The number of amides is 2. The standard InChI is InChI=1S/C22H25ClN2O5/c1-14-13-19(10-11-20(14)23)29-12-4-5-21(27)30-15(2)22(28)25-18-8-6-17(7-9-18)24-16(3)26/h6-11,13,15H,4-5,12H2,1-3H3,(H,24,26)(H,25,28)/t15-/m0/s1. The zero-order valence-corrected chi connectivity index (χ0v) is 17.9. The summed E-state index contributed by atoms with van der Waals surface area (Å²) in [6.07, 6.45) is -0.345. The van der Waals surface area contributed by atoms with Crippen molar-refractivity contribution in [3.8, 4) is 5.75 Å². The molecule has 2 aromatic rings. The molecule has 2 rings (SSSR count). The van der Waals surface area contributed by atoms with Gasteiger partial charge in [-0.1, -0.05) is 11.6 Å². The maximum absolute atomic E-state index is 12.2. The van der Waals surface area contributed by atoms with Gasteiger partial charge in [0.05, 0.1) is 6.61 Å². The van der Waals surface area contributed by atoms with Crippen LogP contribution >= 0.6 is 11.6 Å². The fraction of sp³-hybridized carbons (Fsp3) is 0.318. The number of halogens is 1. The predicted molar refractivity (Wildman–Crippen MR) is 116 cm³/mol. The smallest absolute Gasteiger partial charge is 0.306 e. The summed E-state index contributed by atoms with van der Waals surface area (Å²) in [7, 11) is 0. The number of rotatable bonds is 9. The maximum atomic E-state index is 12.2. The van der Waals surface area contributed by atoms with Gasteiger partial charge in [-0.05, 0) is 68.3 Å². The number of ether oxygens (including phenoxy) is 2. The van der Waals surface area contributed by atoms with Crippen LogP contribution < -0.4 is 15.4 Å². The fourth-order valence-corrected chi connectivity index (χ4v) is 2.62. The first kappa shape index (κ1) is 23.2. The van der Waals surface area contributed by atoms with Crippen LogP contribution in [-0.2, 0) is 19.1 Å². The molecule has 2 aromatic carbocycles. The van der Waals surface area contributed by atoms with Gasteiger partial charge in [0.15, 0.2) is 6.10 Å². The summed E-state index contributed by atoms with van der Waals surface area (Å²) in [5.41, 5.74) is 2.07. The average molecular weight is 433 g/mol. The SMILES string of the molecule is CC(=O)Nc1ccc(NC(=O)[C@H](C)OC(=O)CCCOc2ccc(Cl)c(C)c2)cc1. The molecular weight excluding hydrogens is 408 g/mol. The Hall–Kier alpha value is -3.06. The molecule has 0 heterocycles. The van der Waals surface area contributed by atoms with Gasteiger partial charge in [-0.3, -0.25) is 14.4 Å². The number of hydrogen-bond donors (Lipinski definition) is 2. The van der Waals surface area contributed by atoms with E-state index in [0.717, 1.165) is 5.56 Å². The Bertz CT molecular complexity index is 899. The van der Waals surface area contributed by atoms with E-state index in [9.17, 15) is 14.4 Å². The molecule has 0 aliphatic heterocycles. The van der Waals surface area contributed by atoms with Gasteiger partial charge in [-0.25, -0.2) is 0 Å². The number of carbonyl (C=O) groups excluding carboxylic acids is 3. The largest absolute Gasteiger partial charge is 0.494 e. The van der Waals surface area contributed by atoms with Gasteiger partial charge in [0.2, 0.25) is 5.91 Å². The van der Waals surface area contributed by atoms with Crippen LogP contribution in [0.4, 0.5) is 11.4 Å². The van der Waals surface area contributed by atoms with E-state index in [2.05, 4.69) is 10.6 Å². The summed E-state index contributed by atoms with van der Waals surface area (Å²) in [6.45, 7) is 5.15. The maximum Gasteiger partial charge on any atom is 0.306 e. The lowest BCUT2D eigenvalue weighted by Crippen LogP contribution is -2.30. The molecule has 0 unspecified atom stereocenters. The number of anilines is 2. The minimum absolute atomic E-state index is 0.135. The third-order valence-electron chi connectivity index (χ3n) is 4.07. The van der Waals surface area contributed by atoms with Crippen LogP contribution in [0.3, 0.4) is 0 Å². The molecule has 7 nitrogen and oxygen atoms in total. The van der Waals surface area contributed by atoms with Crippen molar-refractivity contribution < 1.29 is 23.9 Å². The molecule has 0 radical (unpaired) electrons. The van der Waals surface area contributed by atoms with Crippen LogP contribution in [0.15, 0.2) is 42.5 Å². The Morgan fingerprint density at radius 3 is 2.27 bits per heavy atom. The fourth-order valence-electron chi connectivity index (χ4n) is 2.51. The van der Waals surface area contributed by atoms with Crippen LogP contribution in [0.1, 0.15) is 32.3 Å². The summed E-state index contributed by atoms with van der Waals surface area (Å²) in [6, 6.07) is 12.0. The molecule has 0 saturated heterocycles. The highest BCUT2D eigenvalue weighted by Gasteiger charge is 2.17. The highest BCUT2D eigenvalue weighted by molar-refractivity contribution is 6.31. The lowest BCUT2D eigenvalue weighted by Gasteiger charge is -2.14. The molecule has 0 spiro atoms. The highest BCUT2D eigenvalue weighted by Crippen LogP contribution is 2.21. The van der Waals surface area contributed by atoms with E-state index in [-0.39, 0.29) is 12.3 Å². The Kier molecular flexibility index (Phi) is 8.68. The van der Waals surface area contributed by atoms with Crippen LogP contribution in [0, 0.1) is 6.92 Å². The van der Waals surface area contributed by atoms with E-state index in [1.54, 1.807) is 36.4 Å². The number of hydrogen-bond acceptors (Lipinski definition) is 5. The second kappa shape index (κ2) is 11.2. The summed E-state index contributed by atoms with van der Waals surface area (Å²) < 4.78 is 10.8. The van der Waals surface area contributed by atoms with Gasteiger partial charge in [-0.15, -0.1) is 0 Å². The number of aryl methyl sites for hydroxylation is 1. The molecule has 160 valence electrons. The Morgan fingerprint density at radius 2 is 1.67 bits per heavy atom. The first-order chi connectivity index (χ1) is 14.2. The molecule has 2 amide bonds. The minimum atomic E-state index is -0.938. The first-order valence-electron chi connectivity index (χ1n) is 9.51. The van der Waals surface area contributed by atoms with Crippen molar-refractivity contribution in [1.29, 1.82) is 0 Å². The van der Waals surface area contributed by atoms with Gasteiger partial charge in [0, 0.05) is 29.7 Å². The molecule has 0 aliphatic rings. The van der Waals surface area contributed by atoms with Gasteiger partial charge in [0.1, 0.15) is 5.75 Å². The van der Waals surface area contributed by atoms with Crippen molar-refractivity contribution in [2.75, 3.05) is 17.2 Å². The van der Waals surface area contributed by atoms with Crippen molar-refractivity contribution >= 4 is 40.8 Å². The number of esters is 1. The molecule has 0 bridgehead atoms. The first-order valence-corrected chi connectivity index (χ1v) is 9.89. The second-order valence-corrected chi connectivity index (χ2v) is 7.15. The molecule has 0 saturated carbocycles. The number of carbonyl (C=O) groups is 3. The second-order valence-electron chi connectivity index (χ2n) is 6.74. The Labute approximate surface area is 180 Å². The van der Waals surface area contributed by atoms with Gasteiger partial charge < -0.3 is 20.1 Å². The minimum Gasteiger partial charge on any atom is -0.494 e. The zero-order chi connectivity index (χ0) is 22.1. The number of benzene rings is 2. The molecule has 2 N–H and O–H groups in total. The molecule has 0 aliphatic carbocycles. The summed E-state index contributed by atoms with van der Waals surface area (Å²) in [5.74, 6) is -0.415. The topological polar surface area (TPSA) is 93.7 Å². The molecule has 1 atom stereocenters. The normalized spacial score (nSPS) is 11.3. The highest BCUT2D eigenvalue weighted by atomic mass is 35.5. The third kappa shape index (κ3) is 7.75. The summed E-state index contributed by atoms with van der Waals surface area (Å²) >= 11 is 5.97. The van der Waals surface area contributed by atoms with Gasteiger partial charge in [-0.2, -0.15) is 0 Å². The summed E-state index contributed by atoms with van der Waals surface area (Å²) in [4.78, 5) is 35.2. The predicted octanol–water partition coefficient (Wildman–Crippen LogP) is 4.34. The monoisotopic (exact) mass is 432 g/mol. The average Bonchev–Trinajstić information content (AvgIpc) is 2.69. The molecule has 0 aromatic heterocycles.